The van der Waals surface area contributed by atoms with Crippen LogP contribution in [0.25, 0.3) is 0 Å². The maximum Gasteiger partial charge on any atom is 0.240 e. The van der Waals surface area contributed by atoms with Crippen molar-refractivity contribution in [3.8, 4) is 0 Å². The smallest absolute Gasteiger partial charge is 0.240 e. The van der Waals surface area contributed by atoms with E-state index >= 15 is 0 Å². The van der Waals surface area contributed by atoms with Crippen molar-refractivity contribution >= 4 is 40.1 Å². The average Bonchev–Trinajstić information content (AvgIpc) is 3.01. The number of amides is 2. The molecule has 1 fully saturated rings. The lowest BCUT2D eigenvalue weighted by molar-refractivity contribution is -0.122. The first-order chi connectivity index (χ1) is 13.0. The number of thioether (sulfide) groups is 1. The molecule has 0 bridgehead atoms. The van der Waals surface area contributed by atoms with E-state index in [1.807, 2.05) is 68.4 Å². The van der Waals surface area contributed by atoms with Gasteiger partial charge in [0.15, 0.2) is 5.17 Å². The molecule has 7 heteroatoms. The molecule has 3 rings (SSSR count). The molecule has 0 radical (unpaired) electrons. The number of carbonyl (C=O) groups excluding carboxylic acids is 2. The third kappa shape index (κ3) is 5.04. The summed E-state index contributed by atoms with van der Waals surface area (Å²) in [7, 11) is 0. The lowest BCUT2D eigenvalue weighted by Gasteiger charge is -2.09. The molecule has 27 heavy (non-hydrogen) atoms. The van der Waals surface area contributed by atoms with Crippen molar-refractivity contribution in [3.63, 3.8) is 0 Å². The molecular formula is C20H20N4O2S. The van der Waals surface area contributed by atoms with Crippen molar-refractivity contribution in [1.29, 1.82) is 0 Å². The summed E-state index contributed by atoms with van der Waals surface area (Å²) < 4.78 is 0. The van der Waals surface area contributed by atoms with Crippen LogP contribution >= 0.6 is 11.8 Å². The number of para-hydroxylation sites is 1. The Kier molecular flexibility index (Phi) is 6.03. The van der Waals surface area contributed by atoms with Crippen molar-refractivity contribution in [2.75, 3.05) is 5.32 Å². The number of anilines is 1. The van der Waals surface area contributed by atoms with Crippen LogP contribution in [0.4, 0.5) is 5.69 Å². The number of aryl methyl sites for hydroxylation is 1. The molecule has 138 valence electrons. The molecule has 0 aromatic heterocycles. The normalized spacial score (nSPS) is 18.4. The first-order valence-corrected chi connectivity index (χ1v) is 9.41. The molecule has 1 saturated heterocycles. The van der Waals surface area contributed by atoms with Crippen LogP contribution in [0.15, 0.2) is 64.8 Å². The molecule has 1 aliphatic heterocycles. The van der Waals surface area contributed by atoms with Gasteiger partial charge in [-0.2, -0.15) is 5.10 Å². The number of hydrogen-bond donors (Lipinski definition) is 2. The van der Waals surface area contributed by atoms with Crippen LogP contribution in [0, 0.1) is 6.92 Å². The van der Waals surface area contributed by atoms with Crippen molar-refractivity contribution < 1.29 is 9.59 Å². The Morgan fingerprint density at radius 2 is 1.85 bits per heavy atom. The van der Waals surface area contributed by atoms with Gasteiger partial charge in [-0.05, 0) is 31.0 Å². The summed E-state index contributed by atoms with van der Waals surface area (Å²) >= 11 is 1.22. The highest BCUT2D eigenvalue weighted by Crippen LogP contribution is 2.23. The molecule has 0 aliphatic carbocycles. The molecule has 2 aromatic rings. The highest BCUT2D eigenvalue weighted by Gasteiger charge is 2.32. The van der Waals surface area contributed by atoms with Gasteiger partial charge in [0.2, 0.25) is 11.8 Å². The van der Waals surface area contributed by atoms with Gasteiger partial charge in [-0.1, -0.05) is 60.3 Å². The van der Waals surface area contributed by atoms with E-state index in [1.54, 1.807) is 0 Å². The quantitative estimate of drug-likeness (QED) is 0.616. The number of hydrogen-bond acceptors (Lipinski definition) is 5. The Morgan fingerprint density at radius 1 is 1.15 bits per heavy atom. The lowest BCUT2D eigenvalue weighted by Crippen LogP contribution is -2.28. The monoisotopic (exact) mass is 380 g/mol. The fourth-order valence-electron chi connectivity index (χ4n) is 2.53. The van der Waals surface area contributed by atoms with E-state index in [0.29, 0.717) is 5.17 Å². The maximum atomic E-state index is 12.3. The predicted octanol–water partition coefficient (Wildman–Crippen LogP) is 3.34. The van der Waals surface area contributed by atoms with Crippen molar-refractivity contribution in [3.05, 3.63) is 65.7 Å². The first kappa shape index (κ1) is 18.8. The minimum absolute atomic E-state index is 0.0746. The summed E-state index contributed by atoms with van der Waals surface area (Å²) in [6, 6.07) is 17.2. The SMILES string of the molecule is C/C(=N/N=C1\NC(=O)[C@H](CC(=O)Nc2ccccc2C)S1)c1ccccc1. The van der Waals surface area contributed by atoms with Gasteiger partial charge in [0.1, 0.15) is 5.25 Å². The van der Waals surface area contributed by atoms with Gasteiger partial charge in [0.05, 0.1) is 5.71 Å². The van der Waals surface area contributed by atoms with Gasteiger partial charge >= 0.3 is 0 Å². The Morgan fingerprint density at radius 3 is 2.59 bits per heavy atom. The zero-order valence-corrected chi connectivity index (χ0v) is 15.9. The second-order valence-corrected chi connectivity index (χ2v) is 7.31. The Balaban J connectivity index is 1.60. The minimum Gasteiger partial charge on any atom is -0.326 e. The molecule has 0 spiro atoms. The average molecular weight is 380 g/mol. The van der Waals surface area contributed by atoms with Crippen LogP contribution in [0.5, 0.6) is 0 Å². The third-order valence-electron chi connectivity index (χ3n) is 4.05. The number of nitrogens with zero attached hydrogens (tertiary/aromatic N) is 2. The molecule has 1 atom stereocenters. The molecular weight excluding hydrogens is 360 g/mol. The van der Waals surface area contributed by atoms with Crippen LogP contribution in [0.2, 0.25) is 0 Å². The van der Waals surface area contributed by atoms with E-state index in [-0.39, 0.29) is 18.2 Å². The number of amidine groups is 1. The van der Waals surface area contributed by atoms with Gasteiger partial charge in [0, 0.05) is 12.1 Å². The Bertz CT molecular complexity index is 909. The summed E-state index contributed by atoms with van der Waals surface area (Å²) in [4.78, 5) is 24.4. The topological polar surface area (TPSA) is 82.9 Å². The largest absolute Gasteiger partial charge is 0.326 e. The maximum absolute atomic E-state index is 12.3. The molecule has 2 amide bonds. The van der Waals surface area contributed by atoms with E-state index in [9.17, 15) is 9.59 Å². The molecule has 2 aromatic carbocycles. The summed E-state index contributed by atoms with van der Waals surface area (Å²) in [5.74, 6) is -0.437. The highest BCUT2D eigenvalue weighted by molar-refractivity contribution is 8.15. The van der Waals surface area contributed by atoms with Crippen LogP contribution in [-0.2, 0) is 9.59 Å². The van der Waals surface area contributed by atoms with Crippen molar-refractivity contribution in [1.82, 2.24) is 5.32 Å². The predicted molar refractivity (Wildman–Crippen MR) is 110 cm³/mol. The minimum atomic E-state index is -0.514. The van der Waals surface area contributed by atoms with E-state index in [0.717, 1.165) is 22.5 Å². The zero-order valence-electron chi connectivity index (χ0n) is 15.1. The molecule has 1 heterocycles. The molecule has 2 N–H and O–H groups in total. The number of benzene rings is 2. The van der Waals surface area contributed by atoms with Gasteiger partial charge in [-0.15, -0.1) is 5.10 Å². The molecule has 1 aliphatic rings. The highest BCUT2D eigenvalue weighted by atomic mass is 32.2. The van der Waals surface area contributed by atoms with Crippen LogP contribution in [-0.4, -0.2) is 27.9 Å². The standard InChI is InChI=1S/C20H20N4O2S/c1-13-8-6-7-11-16(13)21-18(25)12-17-19(26)22-20(27-17)24-23-14(2)15-9-4-3-5-10-15/h3-11,17H,12H2,1-2H3,(H,21,25)(H,22,24,26)/b23-14-/t17-/m0/s1. The molecule has 0 unspecified atom stereocenters. The second-order valence-electron chi connectivity index (χ2n) is 6.12. The van der Waals surface area contributed by atoms with Crippen LogP contribution in [0.1, 0.15) is 24.5 Å². The summed E-state index contributed by atoms with van der Waals surface area (Å²) in [5, 5.41) is 13.7. The lowest BCUT2D eigenvalue weighted by atomic mass is 10.1. The number of nitrogens with one attached hydrogen (secondary N) is 2. The second kappa shape index (κ2) is 8.64. The Labute approximate surface area is 162 Å². The van der Waals surface area contributed by atoms with Gasteiger partial charge in [-0.3, -0.25) is 9.59 Å². The fourth-order valence-corrected chi connectivity index (χ4v) is 3.44. The van der Waals surface area contributed by atoms with Gasteiger partial charge in [0.25, 0.3) is 0 Å². The summed E-state index contributed by atoms with van der Waals surface area (Å²) in [5.41, 5.74) is 3.44. The van der Waals surface area contributed by atoms with Crippen LogP contribution in [0.3, 0.4) is 0 Å². The van der Waals surface area contributed by atoms with E-state index in [1.165, 1.54) is 11.8 Å². The first-order valence-electron chi connectivity index (χ1n) is 8.53. The van der Waals surface area contributed by atoms with E-state index < -0.39 is 5.25 Å². The molecule has 0 saturated carbocycles. The van der Waals surface area contributed by atoms with Gasteiger partial charge in [-0.25, -0.2) is 0 Å². The Hall–Kier alpha value is -2.93. The molecule has 6 nitrogen and oxygen atoms in total. The third-order valence-corrected chi connectivity index (χ3v) is 5.12. The summed E-state index contributed by atoms with van der Waals surface area (Å²) in [6.07, 6.45) is 0.0746. The fraction of sp³-hybridized carbons (Fsp3) is 0.200. The van der Waals surface area contributed by atoms with Gasteiger partial charge < -0.3 is 10.6 Å². The van der Waals surface area contributed by atoms with Crippen LogP contribution < -0.4 is 10.6 Å². The summed E-state index contributed by atoms with van der Waals surface area (Å²) in [6.45, 7) is 3.78. The van der Waals surface area contributed by atoms with Crippen molar-refractivity contribution in [2.45, 2.75) is 25.5 Å². The number of carbonyl (C=O) groups is 2. The van der Waals surface area contributed by atoms with E-state index in [2.05, 4.69) is 20.8 Å². The van der Waals surface area contributed by atoms with Crippen molar-refractivity contribution in [2.24, 2.45) is 10.2 Å². The van der Waals surface area contributed by atoms with E-state index in [4.69, 9.17) is 0 Å². The number of rotatable bonds is 5. The zero-order chi connectivity index (χ0) is 19.2.